The summed E-state index contributed by atoms with van der Waals surface area (Å²) >= 11 is 0. The van der Waals surface area contributed by atoms with E-state index >= 15 is 0 Å². The Bertz CT molecular complexity index is 901. The summed E-state index contributed by atoms with van der Waals surface area (Å²) in [6.45, 7) is 4.34. The fraction of sp³-hybridized carbons (Fsp3) is 0.914. The van der Waals surface area contributed by atoms with E-state index in [9.17, 15) is 15.0 Å². The van der Waals surface area contributed by atoms with Crippen LogP contribution in [0.1, 0.15) is 322 Å². The van der Waals surface area contributed by atoms with Crippen LogP contribution in [0.5, 0.6) is 0 Å². The molecule has 0 aromatic rings. The second-order valence-corrected chi connectivity index (χ2v) is 19.7. The molecule has 0 bridgehead atoms. The first-order valence-corrected chi connectivity index (χ1v) is 28.6. The summed E-state index contributed by atoms with van der Waals surface area (Å²) in [6.07, 6.45) is 72.1. The number of aliphatic hydroxyl groups is 2. The highest BCUT2D eigenvalue weighted by Gasteiger charge is 2.18. The number of amides is 1. The lowest BCUT2D eigenvalue weighted by molar-refractivity contribution is -0.123. The third-order valence-electron chi connectivity index (χ3n) is 13.4. The Morgan fingerprint density at radius 3 is 0.887 bits per heavy atom. The lowest BCUT2D eigenvalue weighted by Crippen LogP contribution is -2.45. The van der Waals surface area contributed by atoms with Crippen LogP contribution in [-0.2, 0) is 4.79 Å². The molecule has 4 heteroatoms. The van der Waals surface area contributed by atoms with Crippen LogP contribution in [0, 0.1) is 0 Å². The van der Waals surface area contributed by atoms with Gasteiger partial charge in [0.1, 0.15) is 0 Å². The van der Waals surface area contributed by atoms with Gasteiger partial charge in [-0.25, -0.2) is 0 Å². The van der Waals surface area contributed by atoms with Crippen LogP contribution in [0.3, 0.4) is 0 Å². The van der Waals surface area contributed by atoms with Crippen LogP contribution >= 0.6 is 0 Å². The van der Waals surface area contributed by atoms with Gasteiger partial charge >= 0.3 is 0 Å². The van der Waals surface area contributed by atoms with Crippen LogP contribution in [0.4, 0.5) is 0 Å². The lowest BCUT2D eigenvalue weighted by Gasteiger charge is -2.20. The van der Waals surface area contributed by atoms with Crippen molar-refractivity contribution in [3.05, 3.63) is 24.3 Å². The Hall–Kier alpha value is -1.13. The van der Waals surface area contributed by atoms with Gasteiger partial charge in [-0.3, -0.25) is 4.79 Å². The van der Waals surface area contributed by atoms with E-state index in [2.05, 4.69) is 31.3 Å². The van der Waals surface area contributed by atoms with Crippen molar-refractivity contribution in [2.24, 2.45) is 0 Å². The van der Waals surface area contributed by atoms with Gasteiger partial charge in [-0.2, -0.15) is 0 Å². The number of hydrogen-bond acceptors (Lipinski definition) is 3. The molecule has 0 aliphatic rings. The van der Waals surface area contributed by atoms with Gasteiger partial charge in [0.15, 0.2) is 0 Å². The molecule has 2 atom stereocenters. The van der Waals surface area contributed by atoms with Crippen molar-refractivity contribution in [2.45, 2.75) is 334 Å². The number of carbonyl (C=O) groups is 1. The van der Waals surface area contributed by atoms with Gasteiger partial charge < -0.3 is 15.5 Å². The molecule has 0 heterocycles. The molecule has 0 aliphatic heterocycles. The minimum atomic E-state index is -0.836. The zero-order chi connectivity index (χ0) is 44.9. The molecule has 0 rings (SSSR count). The predicted molar refractivity (Wildman–Crippen MR) is 276 cm³/mol. The molecule has 3 N–H and O–H groups in total. The highest BCUT2D eigenvalue weighted by molar-refractivity contribution is 5.76. The van der Waals surface area contributed by atoms with E-state index in [1.807, 2.05) is 6.08 Å². The van der Waals surface area contributed by atoms with E-state index in [4.69, 9.17) is 0 Å². The average molecular weight is 873 g/mol. The highest BCUT2D eigenvalue weighted by Crippen LogP contribution is 2.17. The Morgan fingerprint density at radius 2 is 0.613 bits per heavy atom. The third kappa shape index (κ3) is 49.9. The van der Waals surface area contributed by atoms with Crippen molar-refractivity contribution in [1.29, 1.82) is 0 Å². The quantitative estimate of drug-likeness (QED) is 0.0421. The Morgan fingerprint density at radius 1 is 0.371 bits per heavy atom. The van der Waals surface area contributed by atoms with Crippen molar-refractivity contribution in [3.63, 3.8) is 0 Å². The van der Waals surface area contributed by atoms with Crippen molar-refractivity contribution < 1.29 is 15.0 Å². The second-order valence-electron chi connectivity index (χ2n) is 19.7. The van der Waals surface area contributed by atoms with Crippen molar-refractivity contribution in [3.8, 4) is 0 Å². The summed E-state index contributed by atoms with van der Waals surface area (Å²) in [4.78, 5) is 12.5. The van der Waals surface area contributed by atoms with Gasteiger partial charge in [0.2, 0.25) is 5.91 Å². The number of allylic oxidation sites excluding steroid dienone is 3. The molecule has 62 heavy (non-hydrogen) atoms. The van der Waals surface area contributed by atoms with E-state index in [1.165, 1.54) is 276 Å². The summed E-state index contributed by atoms with van der Waals surface area (Å²) in [5.41, 5.74) is 0. The SMILES string of the molecule is CCCCCCCCCC/C=C\CCCCCCCCCCCCCCCCCCCCCCCC(=O)NC(CO)C(O)/C=C/CCCCCCCCCCCCCCCCC. The summed E-state index contributed by atoms with van der Waals surface area (Å²) in [5, 5.41) is 23.1. The number of hydrogen-bond donors (Lipinski definition) is 3. The first kappa shape index (κ1) is 60.9. The van der Waals surface area contributed by atoms with Crippen LogP contribution in [0.2, 0.25) is 0 Å². The smallest absolute Gasteiger partial charge is 0.220 e. The minimum Gasteiger partial charge on any atom is -0.394 e. The van der Waals surface area contributed by atoms with E-state index in [-0.39, 0.29) is 12.5 Å². The molecule has 368 valence electrons. The number of aliphatic hydroxyl groups excluding tert-OH is 2. The standard InChI is InChI=1S/C58H113NO3/c1-3-5-7-9-11-13-15-17-19-21-22-23-24-25-26-27-28-29-30-31-32-33-34-35-36-38-40-42-44-46-48-50-52-54-58(62)59-56(55-60)57(61)53-51-49-47-45-43-41-39-37-20-18-16-14-12-10-8-6-4-2/h21-22,51,53,56-57,60-61H,3-20,23-50,52,54-55H2,1-2H3,(H,59,62)/b22-21-,53-51+. The molecule has 4 nitrogen and oxygen atoms in total. The van der Waals surface area contributed by atoms with Crippen molar-refractivity contribution in [2.75, 3.05) is 6.61 Å². The van der Waals surface area contributed by atoms with Gasteiger partial charge in [-0.15, -0.1) is 0 Å². The fourth-order valence-corrected chi connectivity index (χ4v) is 9.06. The fourth-order valence-electron chi connectivity index (χ4n) is 9.06. The normalized spacial score (nSPS) is 12.9. The van der Waals surface area contributed by atoms with E-state index in [0.29, 0.717) is 6.42 Å². The number of carbonyl (C=O) groups excluding carboxylic acids is 1. The molecular formula is C58H113NO3. The van der Waals surface area contributed by atoms with Gasteiger partial charge in [-0.1, -0.05) is 295 Å². The summed E-state index contributed by atoms with van der Waals surface area (Å²) in [7, 11) is 0. The Kier molecular flexibility index (Phi) is 53.2. The zero-order valence-electron chi connectivity index (χ0n) is 42.4. The molecule has 0 aromatic carbocycles. The first-order chi connectivity index (χ1) is 30.7. The molecule has 1 amide bonds. The number of rotatable bonds is 53. The Labute approximate surface area is 389 Å². The molecule has 0 spiro atoms. The summed E-state index contributed by atoms with van der Waals surface area (Å²) < 4.78 is 0. The van der Waals surface area contributed by atoms with E-state index in [1.54, 1.807) is 6.08 Å². The second kappa shape index (κ2) is 54.2. The highest BCUT2D eigenvalue weighted by atomic mass is 16.3. The first-order valence-electron chi connectivity index (χ1n) is 28.6. The molecule has 0 radical (unpaired) electrons. The van der Waals surface area contributed by atoms with E-state index < -0.39 is 12.1 Å². The van der Waals surface area contributed by atoms with Gasteiger partial charge in [-0.05, 0) is 44.9 Å². The van der Waals surface area contributed by atoms with Crippen molar-refractivity contribution >= 4 is 5.91 Å². The maximum absolute atomic E-state index is 12.5. The predicted octanol–water partition coefficient (Wildman–Crippen LogP) is 18.7. The van der Waals surface area contributed by atoms with Crippen LogP contribution in [-0.4, -0.2) is 34.9 Å². The van der Waals surface area contributed by atoms with Gasteiger partial charge in [0.25, 0.3) is 0 Å². The van der Waals surface area contributed by atoms with Crippen LogP contribution in [0.25, 0.3) is 0 Å². The van der Waals surface area contributed by atoms with Crippen LogP contribution in [0.15, 0.2) is 24.3 Å². The Balaban J connectivity index is 3.42. The molecule has 0 saturated heterocycles. The summed E-state index contributed by atoms with van der Waals surface area (Å²) in [6, 6.07) is -0.619. The molecule has 0 saturated carbocycles. The maximum Gasteiger partial charge on any atom is 0.220 e. The van der Waals surface area contributed by atoms with Gasteiger partial charge in [0.05, 0.1) is 18.8 Å². The maximum atomic E-state index is 12.5. The zero-order valence-corrected chi connectivity index (χ0v) is 42.4. The van der Waals surface area contributed by atoms with Gasteiger partial charge in [0, 0.05) is 6.42 Å². The summed E-state index contributed by atoms with van der Waals surface area (Å²) in [5.74, 6) is -0.0574. The molecule has 0 aromatic heterocycles. The lowest BCUT2D eigenvalue weighted by atomic mass is 10.0. The molecule has 0 aliphatic carbocycles. The third-order valence-corrected chi connectivity index (χ3v) is 13.4. The largest absolute Gasteiger partial charge is 0.394 e. The number of nitrogens with one attached hydrogen (secondary N) is 1. The monoisotopic (exact) mass is 872 g/mol. The van der Waals surface area contributed by atoms with Crippen molar-refractivity contribution in [1.82, 2.24) is 5.32 Å². The topological polar surface area (TPSA) is 69.6 Å². The molecule has 2 unspecified atom stereocenters. The average Bonchev–Trinajstić information content (AvgIpc) is 3.28. The number of unbranched alkanes of at least 4 members (excludes halogenated alkanes) is 44. The van der Waals surface area contributed by atoms with Crippen LogP contribution < -0.4 is 5.32 Å². The van der Waals surface area contributed by atoms with E-state index in [0.717, 1.165) is 25.7 Å². The minimum absolute atomic E-state index is 0.0574. The molecule has 0 fully saturated rings. The molecular weight excluding hydrogens is 759 g/mol.